The van der Waals surface area contributed by atoms with Gasteiger partial charge in [-0.2, -0.15) is 0 Å². The molecule has 0 N–H and O–H groups in total. The summed E-state index contributed by atoms with van der Waals surface area (Å²) in [6.07, 6.45) is -1.37. The van der Waals surface area contributed by atoms with Crippen LogP contribution in [0.15, 0.2) is 0 Å². The first-order chi connectivity index (χ1) is 5.95. The summed E-state index contributed by atoms with van der Waals surface area (Å²) in [5.41, 5.74) is 0. The first kappa shape index (κ1) is 13.1. The highest BCUT2D eigenvalue weighted by Gasteiger charge is 2.35. The second kappa shape index (κ2) is 6.52. The standard InChI is InChI=1S/C6H13F5Si2/c7-2-1-6(8)5-12-3-4-13(9,10)11/h6H,1-5,12H2. The molecule has 0 amide bonds. The van der Waals surface area contributed by atoms with E-state index in [0.29, 0.717) is 0 Å². The van der Waals surface area contributed by atoms with Crippen LogP contribution in [-0.4, -0.2) is 31.4 Å². The molecule has 0 fully saturated rings. The highest BCUT2D eigenvalue weighted by atomic mass is 28.5. The Morgan fingerprint density at radius 1 is 1.23 bits per heavy atom. The molecule has 0 heterocycles. The number of hydrogen-bond acceptors (Lipinski definition) is 0. The van der Waals surface area contributed by atoms with E-state index < -0.39 is 37.5 Å². The lowest BCUT2D eigenvalue weighted by Crippen LogP contribution is -2.15. The Morgan fingerprint density at radius 3 is 2.31 bits per heavy atom. The summed E-state index contributed by atoms with van der Waals surface area (Å²) < 4.78 is 59.3. The van der Waals surface area contributed by atoms with Crippen molar-refractivity contribution in [2.24, 2.45) is 0 Å². The summed E-state index contributed by atoms with van der Waals surface area (Å²) in [4.78, 5) is 0. The van der Waals surface area contributed by atoms with Gasteiger partial charge in [-0.05, 0) is 6.04 Å². The average molecular weight is 236 g/mol. The molecule has 1 unspecified atom stereocenters. The minimum Gasteiger partial charge on any atom is -0.251 e. The van der Waals surface area contributed by atoms with Gasteiger partial charge in [0.05, 0.1) is 12.8 Å². The van der Waals surface area contributed by atoms with Crippen LogP contribution in [0.1, 0.15) is 6.42 Å². The molecule has 80 valence electrons. The van der Waals surface area contributed by atoms with E-state index in [1.807, 2.05) is 0 Å². The van der Waals surface area contributed by atoms with Gasteiger partial charge in [0.15, 0.2) is 0 Å². The summed E-state index contributed by atoms with van der Waals surface area (Å²) in [5.74, 6) is 0. The zero-order valence-corrected chi connectivity index (χ0v) is 9.62. The Morgan fingerprint density at radius 2 is 1.85 bits per heavy atom. The first-order valence-corrected chi connectivity index (χ1v) is 8.06. The van der Waals surface area contributed by atoms with Crippen LogP contribution in [0.3, 0.4) is 0 Å². The van der Waals surface area contributed by atoms with Crippen molar-refractivity contribution in [1.29, 1.82) is 0 Å². The quantitative estimate of drug-likeness (QED) is 0.276. The largest absolute Gasteiger partial charge is 0.615 e. The summed E-state index contributed by atoms with van der Waals surface area (Å²) >= 11 is 0. The molecule has 0 saturated carbocycles. The van der Waals surface area contributed by atoms with Crippen molar-refractivity contribution in [2.45, 2.75) is 30.7 Å². The second-order valence-corrected chi connectivity index (χ2v) is 6.66. The molecule has 7 heteroatoms. The Kier molecular flexibility index (Phi) is 6.57. The number of alkyl halides is 2. The molecule has 0 aliphatic heterocycles. The predicted octanol–water partition coefficient (Wildman–Crippen LogP) is 2.54. The van der Waals surface area contributed by atoms with Gasteiger partial charge >= 0.3 is 9.08 Å². The molecule has 0 rings (SSSR count). The molecule has 0 aliphatic carbocycles. The lowest BCUT2D eigenvalue weighted by atomic mass is 10.3. The molecule has 0 aromatic rings. The van der Waals surface area contributed by atoms with Crippen molar-refractivity contribution in [3.05, 3.63) is 0 Å². The van der Waals surface area contributed by atoms with Crippen molar-refractivity contribution >= 4 is 18.6 Å². The van der Waals surface area contributed by atoms with Gasteiger partial charge in [-0.1, -0.05) is 6.04 Å². The minimum atomic E-state index is -5.41. The lowest BCUT2D eigenvalue weighted by molar-refractivity contribution is 0.304. The van der Waals surface area contributed by atoms with E-state index >= 15 is 0 Å². The molecule has 0 bridgehead atoms. The van der Waals surface area contributed by atoms with Crippen LogP contribution in [-0.2, 0) is 0 Å². The maximum absolute atomic E-state index is 12.5. The summed E-state index contributed by atoms with van der Waals surface area (Å²) in [6.45, 7) is -0.719. The highest BCUT2D eigenvalue weighted by Crippen LogP contribution is 2.17. The third kappa shape index (κ3) is 10.0. The maximum Gasteiger partial charge on any atom is 0.615 e. The van der Waals surface area contributed by atoms with Gasteiger partial charge in [-0.25, -0.2) is 16.7 Å². The molecule has 0 saturated heterocycles. The van der Waals surface area contributed by atoms with Crippen molar-refractivity contribution in [3.63, 3.8) is 0 Å². The van der Waals surface area contributed by atoms with E-state index in [1.165, 1.54) is 0 Å². The molecule has 13 heavy (non-hydrogen) atoms. The third-order valence-electron chi connectivity index (χ3n) is 1.65. The van der Waals surface area contributed by atoms with Crippen LogP contribution in [0.4, 0.5) is 21.1 Å². The second-order valence-electron chi connectivity index (χ2n) is 2.94. The SMILES string of the molecule is FCCC(F)C[SiH2]CC[Si](F)(F)F. The van der Waals surface area contributed by atoms with Gasteiger partial charge in [0, 0.05) is 22.0 Å². The fourth-order valence-corrected chi connectivity index (χ4v) is 4.58. The Labute approximate surface area is 77.9 Å². The Bertz CT molecular complexity index is 127. The molecule has 0 spiro atoms. The molecule has 0 aromatic heterocycles. The molecule has 1 atom stereocenters. The normalized spacial score (nSPS) is 15.5. The van der Waals surface area contributed by atoms with Crippen LogP contribution in [0, 0.1) is 0 Å². The topological polar surface area (TPSA) is 0 Å². The van der Waals surface area contributed by atoms with E-state index in [0.717, 1.165) is 0 Å². The number of halogens is 5. The van der Waals surface area contributed by atoms with Crippen molar-refractivity contribution in [3.8, 4) is 0 Å². The highest BCUT2D eigenvalue weighted by molar-refractivity contribution is 6.59. The van der Waals surface area contributed by atoms with E-state index in [9.17, 15) is 21.1 Å². The van der Waals surface area contributed by atoms with Crippen LogP contribution < -0.4 is 0 Å². The van der Waals surface area contributed by atoms with Gasteiger partial charge < -0.3 is 0 Å². The third-order valence-corrected chi connectivity index (χ3v) is 5.17. The molecule has 0 radical (unpaired) electrons. The fourth-order valence-electron chi connectivity index (χ4n) is 0.954. The summed E-state index contributed by atoms with van der Waals surface area (Å²) in [7, 11) is -6.37. The Balaban J connectivity index is 3.25. The molecule has 0 aromatic carbocycles. The van der Waals surface area contributed by atoms with Crippen LogP contribution in [0.2, 0.25) is 18.1 Å². The smallest absolute Gasteiger partial charge is 0.251 e. The molecular weight excluding hydrogens is 223 g/mol. The van der Waals surface area contributed by atoms with Gasteiger partial charge in [-0.15, -0.1) is 0 Å². The lowest BCUT2D eigenvalue weighted by Gasteiger charge is -2.05. The molecule has 0 aliphatic rings. The van der Waals surface area contributed by atoms with E-state index in [4.69, 9.17) is 0 Å². The maximum atomic E-state index is 12.5. The minimum absolute atomic E-state index is 0.127. The van der Waals surface area contributed by atoms with Crippen molar-refractivity contribution in [2.75, 3.05) is 6.67 Å². The summed E-state index contributed by atoms with van der Waals surface area (Å²) in [6, 6.07) is -0.363. The van der Waals surface area contributed by atoms with Gasteiger partial charge in [-0.3, -0.25) is 4.39 Å². The van der Waals surface area contributed by atoms with Crippen molar-refractivity contribution in [1.82, 2.24) is 0 Å². The monoisotopic (exact) mass is 236 g/mol. The van der Waals surface area contributed by atoms with E-state index in [1.54, 1.807) is 0 Å². The van der Waals surface area contributed by atoms with Crippen molar-refractivity contribution < 1.29 is 21.1 Å². The number of hydrogen-bond donors (Lipinski definition) is 0. The van der Waals surface area contributed by atoms with E-state index in [-0.39, 0.29) is 18.5 Å². The van der Waals surface area contributed by atoms with Crippen LogP contribution in [0.25, 0.3) is 0 Å². The molecular formula is C6H13F5Si2. The average Bonchev–Trinajstić information content (AvgIpc) is 1.97. The Hall–Kier alpha value is 0.0838. The predicted molar refractivity (Wildman–Crippen MR) is 47.5 cm³/mol. The first-order valence-electron chi connectivity index (χ1n) is 4.22. The molecule has 0 nitrogen and oxygen atoms in total. The van der Waals surface area contributed by atoms with Crippen LogP contribution in [0.5, 0.6) is 0 Å². The summed E-state index contributed by atoms with van der Waals surface area (Å²) in [5, 5.41) is 0. The van der Waals surface area contributed by atoms with Gasteiger partial charge in [0.1, 0.15) is 0 Å². The van der Waals surface area contributed by atoms with E-state index in [2.05, 4.69) is 0 Å². The zero-order chi connectivity index (χ0) is 10.3. The fraction of sp³-hybridized carbons (Fsp3) is 1.00. The van der Waals surface area contributed by atoms with Crippen LogP contribution >= 0.6 is 0 Å². The van der Waals surface area contributed by atoms with Gasteiger partial charge in [0.25, 0.3) is 0 Å². The number of rotatable bonds is 7. The zero-order valence-electron chi connectivity index (χ0n) is 7.21. The van der Waals surface area contributed by atoms with Gasteiger partial charge in [0.2, 0.25) is 0 Å².